The maximum absolute atomic E-state index is 13.2. The van der Waals surface area contributed by atoms with E-state index < -0.39 is 21.7 Å². The number of aryl methyl sites for hydroxylation is 1. The van der Waals surface area contributed by atoms with E-state index in [1.54, 1.807) is 36.0 Å². The Morgan fingerprint density at radius 3 is 2.21 bits per heavy atom. The highest BCUT2D eigenvalue weighted by Crippen LogP contribution is 2.24. The van der Waals surface area contributed by atoms with Gasteiger partial charge in [-0.1, -0.05) is 38.5 Å². The lowest BCUT2D eigenvalue weighted by molar-refractivity contribution is -0.119. The molecule has 0 aromatic heterocycles. The highest BCUT2D eigenvalue weighted by molar-refractivity contribution is 8.00. The highest BCUT2D eigenvalue weighted by Gasteiger charge is 2.27. The maximum Gasteiger partial charge on any atom is 0.264 e. The van der Waals surface area contributed by atoms with Gasteiger partial charge >= 0.3 is 0 Å². The number of amides is 1. The van der Waals surface area contributed by atoms with Gasteiger partial charge in [0.05, 0.1) is 10.6 Å². The van der Waals surface area contributed by atoms with Crippen molar-refractivity contribution in [1.82, 2.24) is 5.32 Å². The first-order chi connectivity index (χ1) is 13.5. The molecule has 8 heteroatoms. The van der Waals surface area contributed by atoms with E-state index in [-0.39, 0.29) is 16.2 Å². The van der Waals surface area contributed by atoms with Gasteiger partial charge in [-0.15, -0.1) is 0 Å². The number of thioether (sulfide) groups is 1. The van der Waals surface area contributed by atoms with E-state index in [4.69, 9.17) is 0 Å². The van der Waals surface area contributed by atoms with Gasteiger partial charge in [0.2, 0.25) is 5.91 Å². The molecule has 0 fully saturated rings. The molecule has 0 heterocycles. The first-order valence-corrected chi connectivity index (χ1v) is 11.7. The summed E-state index contributed by atoms with van der Waals surface area (Å²) in [4.78, 5) is 12.4. The van der Waals surface area contributed by atoms with Gasteiger partial charge in [-0.05, 0) is 43.3 Å². The summed E-state index contributed by atoms with van der Waals surface area (Å²) in [5.74, 6) is -0.199. The minimum Gasteiger partial charge on any atom is -0.354 e. The van der Waals surface area contributed by atoms with Gasteiger partial charge in [-0.3, -0.25) is 9.10 Å². The van der Waals surface area contributed by atoms with Crippen LogP contribution in [-0.4, -0.2) is 37.9 Å². The number of hydrogen-bond donors (Lipinski definition) is 1. The predicted octanol–water partition coefficient (Wildman–Crippen LogP) is 3.98. The van der Waals surface area contributed by atoms with E-state index in [0.717, 1.165) is 27.8 Å². The minimum atomic E-state index is -4.03. The average Bonchev–Trinajstić information content (AvgIpc) is 2.64. The van der Waals surface area contributed by atoms with E-state index >= 15 is 0 Å². The maximum atomic E-state index is 13.2. The Bertz CT molecular complexity index is 922. The molecule has 5 nitrogen and oxygen atoms in total. The van der Waals surface area contributed by atoms with Crippen LogP contribution >= 0.6 is 11.8 Å². The Morgan fingerprint density at radius 2 is 1.66 bits per heavy atom. The number of benzene rings is 2. The minimum absolute atomic E-state index is 0.0736. The number of hydrogen-bond acceptors (Lipinski definition) is 4. The van der Waals surface area contributed by atoms with Crippen LogP contribution in [0.15, 0.2) is 53.4 Å². The zero-order valence-corrected chi connectivity index (χ0v) is 18.7. The molecule has 0 unspecified atom stereocenters. The van der Waals surface area contributed by atoms with E-state index in [0.29, 0.717) is 12.2 Å². The number of halogens is 1. The SMILES string of the molecule is Cc1ccc(N(CC(=O)NCCSC(C)(C)C)S(=O)(=O)c2ccc(F)cc2)cc1. The van der Waals surface area contributed by atoms with Crippen LogP contribution in [0.1, 0.15) is 26.3 Å². The second-order valence-corrected chi connectivity index (χ2v) is 11.4. The van der Waals surface area contributed by atoms with Crippen molar-refractivity contribution in [2.24, 2.45) is 0 Å². The molecular weight excluding hydrogens is 411 g/mol. The van der Waals surface area contributed by atoms with Gasteiger partial charge in [-0.25, -0.2) is 12.8 Å². The fourth-order valence-corrected chi connectivity index (χ4v) is 4.73. The van der Waals surface area contributed by atoms with E-state index in [2.05, 4.69) is 26.1 Å². The Hall–Kier alpha value is -2.06. The molecule has 158 valence electrons. The fraction of sp³-hybridized carbons (Fsp3) is 0.381. The summed E-state index contributed by atoms with van der Waals surface area (Å²) in [5.41, 5.74) is 1.34. The lowest BCUT2D eigenvalue weighted by Gasteiger charge is -2.24. The Labute approximate surface area is 176 Å². The molecular formula is C21H27FN2O3S2. The van der Waals surface area contributed by atoms with Crippen molar-refractivity contribution in [3.05, 3.63) is 59.9 Å². The van der Waals surface area contributed by atoms with Crippen LogP contribution in [0.5, 0.6) is 0 Å². The van der Waals surface area contributed by atoms with Gasteiger partial charge in [0.15, 0.2) is 0 Å². The quantitative estimate of drug-likeness (QED) is 0.633. The fourth-order valence-electron chi connectivity index (χ4n) is 2.49. The average molecular weight is 439 g/mol. The Morgan fingerprint density at radius 1 is 1.07 bits per heavy atom. The molecule has 0 bridgehead atoms. The summed E-state index contributed by atoms with van der Waals surface area (Å²) in [6.45, 7) is 8.25. The van der Waals surface area contributed by atoms with Gasteiger partial charge in [0.25, 0.3) is 10.0 Å². The van der Waals surface area contributed by atoms with Gasteiger partial charge < -0.3 is 5.32 Å². The third kappa shape index (κ3) is 7.04. The van der Waals surface area contributed by atoms with E-state index in [1.165, 1.54) is 12.1 Å². The topological polar surface area (TPSA) is 66.5 Å². The number of carbonyl (C=O) groups is 1. The van der Waals surface area contributed by atoms with Gasteiger partial charge in [0, 0.05) is 17.0 Å². The van der Waals surface area contributed by atoms with Gasteiger partial charge in [-0.2, -0.15) is 11.8 Å². The molecule has 0 saturated carbocycles. The molecule has 29 heavy (non-hydrogen) atoms. The largest absolute Gasteiger partial charge is 0.354 e. The van der Waals surface area contributed by atoms with Crippen LogP contribution in [0.2, 0.25) is 0 Å². The van der Waals surface area contributed by atoms with Crippen molar-refractivity contribution in [3.63, 3.8) is 0 Å². The standard InChI is InChI=1S/C21H27FN2O3S2/c1-16-5-9-18(10-6-16)24(15-20(25)23-13-14-28-21(2,3)4)29(26,27)19-11-7-17(22)8-12-19/h5-12H,13-15H2,1-4H3,(H,23,25). The molecule has 0 saturated heterocycles. The zero-order chi connectivity index (χ0) is 21.7. The molecule has 2 rings (SSSR count). The number of carbonyl (C=O) groups excluding carboxylic acids is 1. The van der Waals surface area contributed by atoms with Crippen LogP contribution in [0, 0.1) is 12.7 Å². The van der Waals surface area contributed by atoms with Crippen molar-refractivity contribution in [2.45, 2.75) is 37.3 Å². The van der Waals surface area contributed by atoms with Crippen LogP contribution in [-0.2, 0) is 14.8 Å². The lowest BCUT2D eigenvalue weighted by atomic mass is 10.2. The number of nitrogens with one attached hydrogen (secondary N) is 1. The van der Waals surface area contributed by atoms with E-state index in [1.807, 2.05) is 6.92 Å². The number of nitrogens with zero attached hydrogens (tertiary/aromatic N) is 1. The van der Waals surface area contributed by atoms with Gasteiger partial charge in [0.1, 0.15) is 12.4 Å². The summed E-state index contributed by atoms with van der Waals surface area (Å²) in [5, 5.41) is 2.77. The molecule has 2 aromatic rings. The number of rotatable bonds is 8. The molecule has 1 amide bonds. The molecule has 0 aliphatic heterocycles. The second kappa shape index (κ2) is 9.63. The third-order valence-corrected chi connectivity index (χ3v) is 7.03. The van der Waals surface area contributed by atoms with E-state index in [9.17, 15) is 17.6 Å². The van der Waals surface area contributed by atoms with Crippen molar-refractivity contribution < 1.29 is 17.6 Å². The smallest absolute Gasteiger partial charge is 0.264 e. The van der Waals surface area contributed by atoms with Crippen molar-refractivity contribution in [2.75, 3.05) is 23.1 Å². The summed E-state index contributed by atoms with van der Waals surface area (Å²) < 4.78 is 40.7. The van der Waals surface area contributed by atoms with Crippen LogP contribution in [0.3, 0.4) is 0 Å². The number of sulfonamides is 1. The van der Waals surface area contributed by atoms with Crippen molar-refractivity contribution in [3.8, 4) is 0 Å². The zero-order valence-electron chi connectivity index (χ0n) is 17.1. The molecule has 0 radical (unpaired) electrons. The predicted molar refractivity (Wildman–Crippen MR) is 117 cm³/mol. The summed E-state index contributed by atoms with van der Waals surface area (Å²) in [6.07, 6.45) is 0. The third-order valence-electron chi connectivity index (χ3n) is 3.97. The Kier molecular flexibility index (Phi) is 7.71. The molecule has 2 aromatic carbocycles. The molecule has 0 aliphatic carbocycles. The highest BCUT2D eigenvalue weighted by atomic mass is 32.2. The second-order valence-electron chi connectivity index (χ2n) is 7.61. The number of anilines is 1. The van der Waals surface area contributed by atoms with Crippen LogP contribution in [0.25, 0.3) is 0 Å². The molecule has 0 atom stereocenters. The molecule has 0 spiro atoms. The normalized spacial score (nSPS) is 11.9. The lowest BCUT2D eigenvalue weighted by Crippen LogP contribution is -2.41. The monoisotopic (exact) mass is 438 g/mol. The molecule has 0 aliphatic rings. The first kappa shape index (κ1) is 23.2. The van der Waals surface area contributed by atoms with Crippen molar-refractivity contribution in [1.29, 1.82) is 0 Å². The first-order valence-electron chi connectivity index (χ1n) is 9.25. The van der Waals surface area contributed by atoms with Crippen molar-refractivity contribution >= 4 is 33.4 Å². The van der Waals surface area contributed by atoms with Crippen LogP contribution in [0.4, 0.5) is 10.1 Å². The Balaban J connectivity index is 2.21. The summed E-state index contributed by atoms with van der Waals surface area (Å²) >= 11 is 1.71. The molecule has 1 N–H and O–H groups in total. The summed E-state index contributed by atoms with van der Waals surface area (Å²) in [6, 6.07) is 11.4. The summed E-state index contributed by atoms with van der Waals surface area (Å²) in [7, 11) is -4.03. The van der Waals surface area contributed by atoms with Crippen LogP contribution < -0.4 is 9.62 Å².